The van der Waals surface area contributed by atoms with E-state index in [-0.39, 0.29) is 11.9 Å². The number of hydrogen-bond donors (Lipinski definition) is 1. The molecule has 1 heterocycles. The van der Waals surface area contributed by atoms with Crippen LogP contribution in [0.4, 0.5) is 4.39 Å². The second-order valence-electron chi connectivity index (χ2n) is 4.39. The minimum atomic E-state index is -0.239. The van der Waals surface area contributed by atoms with Crippen molar-refractivity contribution in [3.05, 3.63) is 63.6 Å². The molecule has 0 aliphatic carbocycles. The van der Waals surface area contributed by atoms with E-state index in [1.165, 1.54) is 0 Å². The van der Waals surface area contributed by atoms with Gasteiger partial charge in [0.15, 0.2) is 0 Å². The molecule has 0 bridgehead atoms. The van der Waals surface area contributed by atoms with Crippen LogP contribution in [-0.4, -0.2) is 11.5 Å². The maximum Gasteiger partial charge on any atom is 0.142 e. The Kier molecular flexibility index (Phi) is 4.66. The Morgan fingerprint density at radius 3 is 2.84 bits per heavy atom. The molecule has 1 aromatic carbocycles. The normalized spacial score (nSPS) is 12.4. The number of aromatic nitrogens is 1. The van der Waals surface area contributed by atoms with Crippen LogP contribution in [0.25, 0.3) is 0 Å². The summed E-state index contributed by atoms with van der Waals surface area (Å²) in [7, 11) is 0. The highest BCUT2D eigenvalue weighted by atomic mass is 79.9. The number of nitrogens with zero attached hydrogens (tertiary/aromatic N) is 1. The molecule has 1 N–H and O–H groups in total. The number of halogens is 2. The molecule has 19 heavy (non-hydrogen) atoms. The van der Waals surface area contributed by atoms with Gasteiger partial charge >= 0.3 is 0 Å². The summed E-state index contributed by atoms with van der Waals surface area (Å²) in [5, 5.41) is 3.29. The van der Waals surface area contributed by atoms with E-state index >= 15 is 0 Å². The Morgan fingerprint density at radius 1 is 1.37 bits per heavy atom. The monoisotopic (exact) mass is 322 g/mol. The lowest BCUT2D eigenvalue weighted by Gasteiger charge is -2.19. The van der Waals surface area contributed by atoms with E-state index < -0.39 is 0 Å². The zero-order valence-corrected chi connectivity index (χ0v) is 12.5. The van der Waals surface area contributed by atoms with Crippen LogP contribution in [-0.2, 0) is 0 Å². The van der Waals surface area contributed by atoms with Crippen molar-refractivity contribution in [3.8, 4) is 0 Å². The van der Waals surface area contributed by atoms with Gasteiger partial charge in [-0.2, -0.15) is 0 Å². The van der Waals surface area contributed by atoms with E-state index in [0.717, 1.165) is 17.8 Å². The molecule has 2 aromatic rings. The first-order valence-electron chi connectivity index (χ1n) is 6.23. The van der Waals surface area contributed by atoms with Gasteiger partial charge in [0.1, 0.15) is 5.82 Å². The third-order valence-electron chi connectivity index (χ3n) is 2.93. The lowest BCUT2D eigenvalue weighted by Crippen LogP contribution is -2.24. The fourth-order valence-electron chi connectivity index (χ4n) is 2.04. The summed E-state index contributed by atoms with van der Waals surface area (Å²) in [4.78, 5) is 4.36. The van der Waals surface area contributed by atoms with Crippen LogP contribution in [0.2, 0.25) is 0 Å². The Bertz CT molecular complexity index is 572. The van der Waals surface area contributed by atoms with Gasteiger partial charge in [-0.1, -0.05) is 19.1 Å². The van der Waals surface area contributed by atoms with E-state index in [1.807, 2.05) is 32.0 Å². The van der Waals surface area contributed by atoms with Crippen molar-refractivity contribution in [1.82, 2.24) is 10.3 Å². The second-order valence-corrected chi connectivity index (χ2v) is 5.25. The average Bonchev–Trinajstić information content (AvgIpc) is 2.40. The number of rotatable bonds is 4. The molecular weight excluding hydrogens is 307 g/mol. The molecule has 0 radical (unpaired) electrons. The van der Waals surface area contributed by atoms with Crippen LogP contribution < -0.4 is 5.32 Å². The van der Waals surface area contributed by atoms with Crippen LogP contribution in [0.5, 0.6) is 0 Å². The molecule has 1 atom stereocenters. The molecule has 0 aliphatic heterocycles. The van der Waals surface area contributed by atoms with Gasteiger partial charge in [-0.3, -0.25) is 4.98 Å². The van der Waals surface area contributed by atoms with Crippen molar-refractivity contribution >= 4 is 15.9 Å². The SMILES string of the molecule is CCNC(c1cc(C)ccn1)c1cccc(Br)c1F. The summed E-state index contributed by atoms with van der Waals surface area (Å²) >= 11 is 3.23. The fourth-order valence-corrected chi connectivity index (χ4v) is 2.42. The summed E-state index contributed by atoms with van der Waals surface area (Å²) in [6.45, 7) is 4.75. The highest BCUT2D eigenvalue weighted by molar-refractivity contribution is 9.10. The van der Waals surface area contributed by atoms with Gasteiger partial charge in [-0.15, -0.1) is 0 Å². The van der Waals surface area contributed by atoms with Gasteiger partial charge in [0.05, 0.1) is 16.2 Å². The predicted octanol–water partition coefficient (Wildman–Crippen LogP) is 3.99. The number of pyridine rings is 1. The van der Waals surface area contributed by atoms with Gasteiger partial charge in [-0.05, 0) is 53.2 Å². The van der Waals surface area contributed by atoms with Crippen molar-refractivity contribution < 1.29 is 4.39 Å². The van der Waals surface area contributed by atoms with Crippen molar-refractivity contribution in [3.63, 3.8) is 0 Å². The molecule has 1 aromatic heterocycles. The van der Waals surface area contributed by atoms with Gasteiger partial charge in [0.25, 0.3) is 0 Å². The molecule has 0 spiro atoms. The molecule has 0 saturated heterocycles. The Hall–Kier alpha value is -1.26. The molecule has 0 aliphatic rings. The Morgan fingerprint density at radius 2 is 2.16 bits per heavy atom. The zero-order chi connectivity index (χ0) is 13.8. The summed E-state index contributed by atoms with van der Waals surface area (Å²) in [6, 6.07) is 9.01. The van der Waals surface area contributed by atoms with Gasteiger partial charge in [-0.25, -0.2) is 4.39 Å². The van der Waals surface area contributed by atoms with Crippen LogP contribution in [0.15, 0.2) is 41.0 Å². The first-order chi connectivity index (χ1) is 9.13. The third-order valence-corrected chi connectivity index (χ3v) is 3.55. The largest absolute Gasteiger partial charge is 0.305 e. The van der Waals surface area contributed by atoms with Crippen LogP contribution in [0.3, 0.4) is 0 Å². The Balaban J connectivity index is 2.48. The number of nitrogens with one attached hydrogen (secondary N) is 1. The fraction of sp³-hybridized carbons (Fsp3) is 0.267. The van der Waals surface area contributed by atoms with Crippen LogP contribution >= 0.6 is 15.9 Å². The van der Waals surface area contributed by atoms with E-state index in [4.69, 9.17) is 0 Å². The van der Waals surface area contributed by atoms with Crippen molar-refractivity contribution in [1.29, 1.82) is 0 Å². The molecule has 1 unspecified atom stereocenters. The second kappa shape index (κ2) is 6.26. The lowest BCUT2D eigenvalue weighted by molar-refractivity contribution is 0.548. The van der Waals surface area contributed by atoms with E-state index in [9.17, 15) is 4.39 Å². The highest BCUT2D eigenvalue weighted by Crippen LogP contribution is 2.27. The minimum absolute atomic E-state index is 0.234. The highest BCUT2D eigenvalue weighted by Gasteiger charge is 2.19. The number of benzene rings is 1. The lowest BCUT2D eigenvalue weighted by atomic mass is 10.0. The van der Waals surface area contributed by atoms with E-state index in [2.05, 4.69) is 26.2 Å². The third kappa shape index (κ3) is 3.19. The molecule has 4 heteroatoms. The zero-order valence-electron chi connectivity index (χ0n) is 11.0. The summed E-state index contributed by atoms with van der Waals surface area (Å²) in [6.07, 6.45) is 1.75. The smallest absolute Gasteiger partial charge is 0.142 e. The van der Waals surface area contributed by atoms with Gasteiger partial charge < -0.3 is 5.32 Å². The summed E-state index contributed by atoms with van der Waals surface area (Å²) in [5.41, 5.74) is 2.55. The average molecular weight is 323 g/mol. The Labute approximate surface area is 121 Å². The van der Waals surface area contributed by atoms with E-state index in [0.29, 0.717) is 10.0 Å². The van der Waals surface area contributed by atoms with Gasteiger partial charge in [0, 0.05) is 11.8 Å². The van der Waals surface area contributed by atoms with Crippen LogP contribution in [0, 0.1) is 12.7 Å². The number of hydrogen-bond acceptors (Lipinski definition) is 2. The first kappa shape index (κ1) is 14.2. The molecule has 2 nitrogen and oxygen atoms in total. The quantitative estimate of drug-likeness (QED) is 0.920. The maximum atomic E-state index is 14.2. The van der Waals surface area contributed by atoms with Crippen molar-refractivity contribution in [2.45, 2.75) is 19.9 Å². The summed E-state index contributed by atoms with van der Waals surface area (Å²) in [5.74, 6) is -0.239. The first-order valence-corrected chi connectivity index (χ1v) is 7.02. The number of aryl methyl sites for hydroxylation is 1. The molecule has 100 valence electrons. The molecular formula is C15H16BrFN2. The van der Waals surface area contributed by atoms with E-state index in [1.54, 1.807) is 18.3 Å². The van der Waals surface area contributed by atoms with Crippen molar-refractivity contribution in [2.75, 3.05) is 6.54 Å². The predicted molar refractivity (Wildman–Crippen MR) is 78.6 cm³/mol. The molecule has 0 fully saturated rings. The standard InChI is InChI=1S/C15H16BrFN2/c1-3-18-15(13-9-10(2)7-8-19-13)11-5-4-6-12(16)14(11)17/h4-9,15,18H,3H2,1-2H3. The molecule has 2 rings (SSSR count). The topological polar surface area (TPSA) is 24.9 Å². The van der Waals surface area contributed by atoms with Crippen LogP contribution in [0.1, 0.15) is 29.8 Å². The molecule has 0 saturated carbocycles. The minimum Gasteiger partial charge on any atom is -0.305 e. The summed E-state index contributed by atoms with van der Waals surface area (Å²) < 4.78 is 14.7. The van der Waals surface area contributed by atoms with Crippen molar-refractivity contribution in [2.24, 2.45) is 0 Å². The maximum absolute atomic E-state index is 14.2. The van der Waals surface area contributed by atoms with Gasteiger partial charge in [0.2, 0.25) is 0 Å². The molecule has 0 amide bonds.